The van der Waals surface area contributed by atoms with E-state index in [2.05, 4.69) is 54.2 Å². The smallest absolute Gasteiger partial charge is 0.352 e. The maximum Gasteiger partial charge on any atom is 0.352 e. The van der Waals surface area contributed by atoms with Crippen LogP contribution in [0.5, 0.6) is 0 Å². The van der Waals surface area contributed by atoms with Gasteiger partial charge in [-0.1, -0.05) is 87.9 Å². The van der Waals surface area contributed by atoms with Gasteiger partial charge in [-0.15, -0.1) is 5.06 Å². The highest BCUT2D eigenvalue weighted by atomic mass is 17.2. The van der Waals surface area contributed by atoms with Gasteiger partial charge in [-0.05, 0) is 49.9 Å². The van der Waals surface area contributed by atoms with E-state index in [1.807, 2.05) is 0 Å². The number of nitrogens with one attached hydrogen (secondary N) is 2. The summed E-state index contributed by atoms with van der Waals surface area (Å²) in [6.07, 6.45) is 21.0. The normalized spacial score (nSPS) is 15.6. The van der Waals surface area contributed by atoms with Gasteiger partial charge in [0.1, 0.15) is 19.4 Å². The molecule has 6 amide bonds. The summed E-state index contributed by atoms with van der Waals surface area (Å²) in [5.41, 5.74) is 0.859. The average Bonchev–Trinajstić information content (AvgIpc) is 3.78. The third-order valence-electron chi connectivity index (χ3n) is 8.88. The molecule has 2 aromatic rings. The van der Waals surface area contributed by atoms with Crippen LogP contribution < -0.4 is 10.6 Å². The SMILES string of the molecule is C#COOC=C.C(=NC1CCCCC1)=NC1CCCCC1.O=C(CNC(=O)c1ccccc1)ON1C(=O)CCC1=O.O=C(O)CNC(=O)c1ccccc1.O=C1CCC(=O)N1O.[HH]. The van der Waals surface area contributed by atoms with Gasteiger partial charge in [0.15, 0.2) is 6.11 Å². The minimum atomic E-state index is -1.05. The number of nitrogens with zero attached hydrogens (tertiary/aromatic N) is 4. The molecule has 334 valence electrons. The number of amides is 6. The van der Waals surface area contributed by atoms with Gasteiger partial charge >= 0.3 is 11.9 Å². The number of imide groups is 2. The summed E-state index contributed by atoms with van der Waals surface area (Å²) >= 11 is 0. The van der Waals surface area contributed by atoms with Crippen molar-refractivity contribution in [1.82, 2.24) is 20.8 Å². The molecular weight excluding hydrogens is 809 g/mol. The van der Waals surface area contributed by atoms with E-state index in [1.165, 1.54) is 64.2 Å². The summed E-state index contributed by atoms with van der Waals surface area (Å²) < 4.78 is 0. The summed E-state index contributed by atoms with van der Waals surface area (Å²) in [6, 6.07) is 20.8. The molecule has 2 saturated carbocycles. The molecule has 4 aliphatic rings. The van der Waals surface area contributed by atoms with E-state index in [9.17, 15) is 38.4 Å². The zero-order valence-electron chi connectivity index (χ0n) is 34.3. The predicted octanol–water partition coefficient (Wildman–Crippen LogP) is 4.79. The Hall–Kier alpha value is -7.16. The third-order valence-corrected chi connectivity index (χ3v) is 8.88. The van der Waals surface area contributed by atoms with Crippen molar-refractivity contribution in [2.75, 3.05) is 13.1 Å². The lowest BCUT2D eigenvalue weighted by Gasteiger charge is -2.17. The molecule has 6 rings (SSSR count). The van der Waals surface area contributed by atoms with E-state index < -0.39 is 48.0 Å². The molecule has 0 bridgehead atoms. The Kier molecular flexibility index (Phi) is 24.6. The zero-order chi connectivity index (χ0) is 45.5. The number of carbonyl (C=O) groups is 8. The van der Waals surface area contributed by atoms with Crippen LogP contribution in [0.2, 0.25) is 0 Å². The molecule has 0 unspecified atom stereocenters. The van der Waals surface area contributed by atoms with Crippen molar-refractivity contribution in [2.45, 2.75) is 102 Å². The predicted molar refractivity (Wildman–Crippen MR) is 222 cm³/mol. The fourth-order valence-corrected chi connectivity index (χ4v) is 5.73. The van der Waals surface area contributed by atoms with E-state index in [-0.39, 0.29) is 44.6 Å². The standard InChI is InChI=1S/C13H12N2O5.C13H22N2.C9H9NO3.C4H5NO3.C4H4O2.H2/c16-10-6-7-11(17)15(10)20-12(18)8-14-13(19)9-4-2-1-3-5-9;1-3-7-12(8-4-1)14-11-15-13-9-5-2-6-10-13;11-8(12)6-10-9(13)7-4-2-1-3-5-7;6-3-1-2-4(7)5(3)8;1-3-5-6-4-2;/h1-5H,6-8H2,(H,14,19);12-13H,1-10H2;1-5H,6H2,(H,10,13)(H,11,12);8H,1-2H2;1,4H,2H2;1H. The van der Waals surface area contributed by atoms with Crippen molar-refractivity contribution >= 4 is 53.4 Å². The number of hydroxylamine groups is 4. The number of benzene rings is 2. The van der Waals surface area contributed by atoms with Gasteiger partial charge in [0.25, 0.3) is 35.4 Å². The zero-order valence-corrected chi connectivity index (χ0v) is 34.3. The molecule has 2 saturated heterocycles. The molecule has 0 radical (unpaired) electrons. The first kappa shape index (κ1) is 51.0. The topological polar surface area (TPSA) is 260 Å². The number of hydrogen-bond acceptors (Lipinski definition) is 14. The van der Waals surface area contributed by atoms with E-state index in [0.29, 0.717) is 28.3 Å². The van der Waals surface area contributed by atoms with Crippen LogP contribution in [0.25, 0.3) is 0 Å². The quantitative estimate of drug-likeness (QED) is 0.0347. The Morgan fingerprint density at radius 1 is 0.726 bits per heavy atom. The maximum atomic E-state index is 11.6. The van der Waals surface area contributed by atoms with Gasteiger partial charge in [-0.25, -0.2) is 19.7 Å². The monoisotopic (exact) mass is 862 g/mol. The summed E-state index contributed by atoms with van der Waals surface area (Å²) in [5.74, 6) is -4.87. The highest BCUT2D eigenvalue weighted by molar-refractivity contribution is 6.02. The van der Waals surface area contributed by atoms with Crippen LogP contribution in [-0.2, 0) is 43.4 Å². The summed E-state index contributed by atoms with van der Waals surface area (Å²) in [6.45, 7) is 2.38. The molecular formula is C43H54N6O13. The van der Waals surface area contributed by atoms with Crippen molar-refractivity contribution in [2.24, 2.45) is 9.98 Å². The van der Waals surface area contributed by atoms with Crippen molar-refractivity contribution in [3.8, 4) is 12.5 Å². The van der Waals surface area contributed by atoms with Crippen molar-refractivity contribution in [1.29, 1.82) is 0 Å². The number of aliphatic carboxylic acids is 1. The Balaban J connectivity index is 0.000000414. The van der Waals surface area contributed by atoms with Gasteiger partial charge in [-0.2, -0.15) is 5.06 Å². The van der Waals surface area contributed by atoms with E-state index in [0.717, 1.165) is 6.26 Å². The first-order chi connectivity index (χ1) is 29.9. The second kappa shape index (κ2) is 30.0. The van der Waals surface area contributed by atoms with Gasteiger partial charge in [0, 0.05) is 38.2 Å². The van der Waals surface area contributed by atoms with Gasteiger partial charge in [-0.3, -0.25) is 43.7 Å². The number of carboxylic acids is 1. The molecule has 0 spiro atoms. The minimum absolute atomic E-state index is 0. The molecule has 4 N–H and O–H groups in total. The van der Waals surface area contributed by atoms with Gasteiger partial charge in [0.2, 0.25) is 0 Å². The van der Waals surface area contributed by atoms with E-state index >= 15 is 0 Å². The van der Waals surface area contributed by atoms with Crippen LogP contribution >= 0.6 is 0 Å². The van der Waals surface area contributed by atoms with Crippen LogP contribution in [0.4, 0.5) is 0 Å². The van der Waals surface area contributed by atoms with Crippen LogP contribution in [0.1, 0.15) is 112 Å². The van der Waals surface area contributed by atoms with Crippen LogP contribution in [-0.4, -0.2) is 99.0 Å². The van der Waals surface area contributed by atoms with Gasteiger partial charge < -0.3 is 20.6 Å². The maximum absolute atomic E-state index is 11.6. The van der Waals surface area contributed by atoms with Crippen molar-refractivity contribution in [3.63, 3.8) is 0 Å². The molecule has 4 fully saturated rings. The molecule has 19 nitrogen and oxygen atoms in total. The van der Waals surface area contributed by atoms with E-state index in [4.69, 9.17) is 10.3 Å². The van der Waals surface area contributed by atoms with Crippen LogP contribution in [0.3, 0.4) is 0 Å². The number of aliphatic imine (C=N–C) groups is 2. The molecule has 0 aromatic heterocycles. The average molecular weight is 863 g/mol. The fourth-order valence-electron chi connectivity index (χ4n) is 5.73. The molecule has 19 heteroatoms. The lowest BCUT2D eigenvalue weighted by atomic mass is 9.96. The number of terminal acetylenes is 1. The molecule has 2 aliphatic carbocycles. The Bertz CT molecular complexity index is 1850. The highest BCUT2D eigenvalue weighted by Crippen LogP contribution is 2.21. The lowest BCUT2D eigenvalue weighted by Crippen LogP contribution is -2.37. The number of carbonyl (C=O) groups excluding carboxylic acids is 7. The first-order valence-electron chi connectivity index (χ1n) is 19.9. The third kappa shape index (κ3) is 21.2. The van der Waals surface area contributed by atoms with E-state index in [1.54, 1.807) is 66.8 Å². The number of carboxylic acid groups (broad SMARTS) is 1. The van der Waals surface area contributed by atoms with Crippen LogP contribution in [0, 0.1) is 12.5 Å². The Morgan fingerprint density at radius 2 is 1.15 bits per heavy atom. The van der Waals surface area contributed by atoms with Crippen LogP contribution in [0.15, 0.2) is 83.5 Å². The minimum Gasteiger partial charge on any atom is -0.480 e. The Labute approximate surface area is 360 Å². The second-order valence-corrected chi connectivity index (χ2v) is 13.5. The molecule has 2 aliphatic heterocycles. The molecule has 2 aromatic carbocycles. The molecule has 0 atom stereocenters. The largest absolute Gasteiger partial charge is 0.480 e. The fraction of sp³-hybridized carbons (Fsp3) is 0.419. The summed E-state index contributed by atoms with van der Waals surface area (Å²) in [5, 5.41) is 21.9. The number of rotatable bonds is 11. The van der Waals surface area contributed by atoms with Crippen molar-refractivity contribution < 1.29 is 64.7 Å². The number of hydrogen-bond donors (Lipinski definition) is 4. The second-order valence-electron chi connectivity index (χ2n) is 13.5. The molecule has 62 heavy (non-hydrogen) atoms. The highest BCUT2D eigenvalue weighted by Gasteiger charge is 2.33. The van der Waals surface area contributed by atoms with Gasteiger partial charge in [0.05, 0.1) is 18.1 Å². The molecule has 2 heterocycles. The summed E-state index contributed by atoms with van der Waals surface area (Å²) in [4.78, 5) is 109. The van der Waals surface area contributed by atoms with Crippen molar-refractivity contribution in [3.05, 3.63) is 84.6 Å². The summed E-state index contributed by atoms with van der Waals surface area (Å²) in [7, 11) is 0. The lowest BCUT2D eigenvalue weighted by molar-refractivity contribution is -0.196. The Morgan fingerprint density at radius 3 is 1.50 bits per heavy atom. The first-order valence-corrected chi connectivity index (χ1v) is 19.9.